The highest BCUT2D eigenvalue weighted by atomic mass is 32.2. The number of hydrogen-bond acceptors (Lipinski definition) is 5. The minimum Gasteiger partial charge on any atom is -0.411 e. The third-order valence-electron chi connectivity index (χ3n) is 3.72. The summed E-state index contributed by atoms with van der Waals surface area (Å²) in [7, 11) is 0. The second-order valence-electron chi connectivity index (χ2n) is 5.50. The molecule has 0 amide bonds. The third kappa shape index (κ3) is 2.77. The van der Waals surface area contributed by atoms with Crippen LogP contribution in [0.5, 0.6) is 0 Å². The first-order valence-corrected chi connectivity index (χ1v) is 9.49. The molecule has 0 atom stereocenters. The molecule has 2 aromatic carbocycles. The zero-order chi connectivity index (χ0) is 16.7. The van der Waals surface area contributed by atoms with Crippen LogP contribution < -0.4 is 4.87 Å². The van der Waals surface area contributed by atoms with Crippen LogP contribution in [0.25, 0.3) is 15.4 Å². The minimum absolute atomic E-state index is 0.640. The van der Waals surface area contributed by atoms with Crippen LogP contribution in [-0.2, 0) is 0 Å². The Kier molecular flexibility index (Phi) is 3.96. The van der Waals surface area contributed by atoms with Crippen LogP contribution in [0.3, 0.4) is 0 Å². The van der Waals surface area contributed by atoms with E-state index in [1.54, 1.807) is 11.3 Å². The molecule has 0 unspecified atom stereocenters. The van der Waals surface area contributed by atoms with Gasteiger partial charge in [0.2, 0.25) is 5.71 Å². The standard InChI is InChI=1S/C18H14N2OS3/c1-11-7-9-13(10-8-11)20-15-16(24-18(20)22)23-17(21-15)19-14-6-4-3-5-12(14)2/h3-10H,1-2H3. The first-order valence-electron chi connectivity index (χ1n) is 7.45. The minimum atomic E-state index is 0.640. The van der Waals surface area contributed by atoms with Crippen LogP contribution in [0.15, 0.2) is 57.9 Å². The fraction of sp³-hybridized carbons (Fsp3) is 0.111. The highest BCUT2D eigenvalue weighted by Gasteiger charge is 2.12. The van der Waals surface area contributed by atoms with E-state index in [1.807, 2.05) is 35.8 Å². The van der Waals surface area contributed by atoms with Gasteiger partial charge in [-0.1, -0.05) is 58.6 Å². The van der Waals surface area contributed by atoms with Crippen molar-refractivity contribution in [2.75, 3.05) is 0 Å². The summed E-state index contributed by atoms with van der Waals surface area (Å²) in [4.78, 5) is 5.28. The zero-order valence-corrected chi connectivity index (χ0v) is 15.6. The predicted octanol–water partition coefficient (Wildman–Crippen LogP) is 5.93. The molecule has 120 valence electrons. The smallest absolute Gasteiger partial charge is 0.282 e. The molecular formula is C18H14N2OS3. The summed E-state index contributed by atoms with van der Waals surface area (Å²) in [5, 5.41) is 0. The Labute approximate surface area is 152 Å². The van der Waals surface area contributed by atoms with E-state index in [2.05, 4.69) is 36.2 Å². The second kappa shape index (κ2) is 6.12. The van der Waals surface area contributed by atoms with E-state index in [-0.39, 0.29) is 0 Å². The lowest BCUT2D eigenvalue weighted by Gasteiger charge is -2.02. The first-order chi connectivity index (χ1) is 11.6. The lowest BCUT2D eigenvalue weighted by molar-refractivity contribution is 0.551. The van der Waals surface area contributed by atoms with Gasteiger partial charge in [-0.2, -0.15) is 0 Å². The summed E-state index contributed by atoms with van der Waals surface area (Å²) < 4.78 is 9.83. The van der Waals surface area contributed by atoms with Gasteiger partial charge in [-0.25, -0.2) is 4.99 Å². The molecule has 2 heterocycles. The average molecular weight is 371 g/mol. The van der Waals surface area contributed by atoms with Gasteiger partial charge in [-0.15, -0.1) is 0 Å². The van der Waals surface area contributed by atoms with Crippen LogP contribution >= 0.6 is 34.9 Å². The lowest BCUT2D eigenvalue weighted by atomic mass is 10.2. The van der Waals surface area contributed by atoms with Crippen LogP contribution in [0.2, 0.25) is 0 Å². The van der Waals surface area contributed by atoms with Crippen molar-refractivity contribution in [3.05, 3.63) is 68.5 Å². The van der Waals surface area contributed by atoms with Crippen LogP contribution in [-0.4, -0.2) is 4.57 Å². The van der Waals surface area contributed by atoms with Crippen LogP contribution in [0.1, 0.15) is 11.1 Å². The lowest BCUT2D eigenvalue weighted by Crippen LogP contribution is -1.95. The Morgan fingerprint density at radius 2 is 1.75 bits per heavy atom. The highest BCUT2D eigenvalue weighted by Crippen LogP contribution is 2.29. The van der Waals surface area contributed by atoms with E-state index < -0.39 is 0 Å². The van der Waals surface area contributed by atoms with Crippen molar-refractivity contribution >= 4 is 50.3 Å². The largest absolute Gasteiger partial charge is 0.411 e. The predicted molar refractivity (Wildman–Crippen MR) is 103 cm³/mol. The molecule has 24 heavy (non-hydrogen) atoms. The molecule has 0 aliphatic heterocycles. The molecule has 4 aromatic rings. The maximum absolute atomic E-state index is 6.02. The average Bonchev–Trinajstić information content (AvgIpc) is 3.07. The van der Waals surface area contributed by atoms with Gasteiger partial charge in [0.25, 0.3) is 4.87 Å². The topological polar surface area (TPSA) is 30.4 Å². The summed E-state index contributed by atoms with van der Waals surface area (Å²) >= 11 is 8.60. The summed E-state index contributed by atoms with van der Waals surface area (Å²) in [5.41, 5.74) is 5.05. The van der Waals surface area contributed by atoms with Crippen molar-refractivity contribution < 1.29 is 4.42 Å². The van der Waals surface area contributed by atoms with E-state index in [0.717, 1.165) is 30.6 Å². The highest BCUT2D eigenvalue weighted by molar-refractivity contribution is 7.74. The van der Waals surface area contributed by atoms with E-state index in [0.29, 0.717) is 4.87 Å². The van der Waals surface area contributed by atoms with Gasteiger partial charge in [-0.3, -0.25) is 4.57 Å². The third-order valence-corrected chi connectivity index (χ3v) is 6.08. The number of rotatable bonds is 2. The van der Waals surface area contributed by atoms with Crippen molar-refractivity contribution in [2.24, 2.45) is 4.99 Å². The molecule has 3 nitrogen and oxygen atoms in total. The molecule has 0 bridgehead atoms. The summed E-state index contributed by atoms with van der Waals surface area (Å²) in [6.07, 6.45) is 0. The Bertz CT molecular complexity index is 1140. The number of benzene rings is 2. The number of aryl methyl sites for hydroxylation is 2. The van der Waals surface area contributed by atoms with Crippen molar-refractivity contribution in [3.63, 3.8) is 0 Å². The molecule has 4 rings (SSSR count). The number of hydrogen-bond donors (Lipinski definition) is 0. The molecule has 0 aliphatic carbocycles. The van der Waals surface area contributed by atoms with E-state index in [1.165, 1.54) is 16.9 Å². The molecule has 0 saturated carbocycles. The molecule has 0 N–H and O–H groups in total. The van der Waals surface area contributed by atoms with E-state index in [4.69, 9.17) is 16.6 Å². The first kappa shape index (κ1) is 15.5. The molecule has 0 aliphatic rings. The number of nitrogens with zero attached hydrogens (tertiary/aromatic N) is 2. The molecule has 0 radical (unpaired) electrons. The van der Waals surface area contributed by atoms with Gasteiger partial charge in [0, 0.05) is 0 Å². The Morgan fingerprint density at radius 3 is 2.50 bits per heavy atom. The monoisotopic (exact) mass is 370 g/mol. The van der Waals surface area contributed by atoms with Crippen LogP contribution in [0.4, 0.5) is 5.69 Å². The zero-order valence-electron chi connectivity index (χ0n) is 13.1. The maximum atomic E-state index is 6.02. The maximum Gasteiger partial charge on any atom is 0.282 e. The summed E-state index contributed by atoms with van der Waals surface area (Å²) in [6.45, 7) is 4.11. The SMILES string of the molecule is Cc1ccc(-n2c(=S)sc3sc(=Nc4ccccc4C)oc32)cc1. The normalized spacial score (nSPS) is 12.2. The molecular weight excluding hydrogens is 356 g/mol. The van der Waals surface area contributed by atoms with E-state index in [9.17, 15) is 0 Å². The quantitative estimate of drug-likeness (QED) is 0.410. The Balaban J connectivity index is 1.90. The van der Waals surface area contributed by atoms with E-state index >= 15 is 0 Å². The number of para-hydroxylation sites is 1. The van der Waals surface area contributed by atoms with Crippen molar-refractivity contribution in [1.29, 1.82) is 0 Å². The Hall–Kier alpha value is -2.02. The fourth-order valence-corrected chi connectivity index (χ4v) is 4.94. The van der Waals surface area contributed by atoms with Gasteiger partial charge >= 0.3 is 0 Å². The van der Waals surface area contributed by atoms with Gasteiger partial charge in [0.15, 0.2) is 3.95 Å². The van der Waals surface area contributed by atoms with Crippen molar-refractivity contribution in [2.45, 2.75) is 13.8 Å². The summed E-state index contributed by atoms with van der Waals surface area (Å²) in [6, 6.07) is 16.3. The van der Waals surface area contributed by atoms with Gasteiger partial charge in [0.05, 0.1) is 11.4 Å². The van der Waals surface area contributed by atoms with Gasteiger partial charge < -0.3 is 4.42 Å². The fourth-order valence-electron chi connectivity index (χ4n) is 2.43. The Morgan fingerprint density at radius 1 is 1.00 bits per heavy atom. The second-order valence-corrected chi connectivity index (χ2v) is 8.36. The molecule has 2 aromatic heterocycles. The van der Waals surface area contributed by atoms with Gasteiger partial charge in [-0.05, 0) is 49.8 Å². The molecule has 0 saturated heterocycles. The van der Waals surface area contributed by atoms with Crippen molar-refractivity contribution in [3.8, 4) is 5.69 Å². The number of fused-ring (bicyclic) bond motifs is 1. The number of thiazole rings is 1. The molecule has 0 spiro atoms. The van der Waals surface area contributed by atoms with Crippen LogP contribution in [0, 0.1) is 17.8 Å². The molecule has 0 fully saturated rings. The molecule has 6 heteroatoms. The van der Waals surface area contributed by atoms with Gasteiger partial charge in [0.1, 0.15) is 4.01 Å². The summed E-state index contributed by atoms with van der Waals surface area (Å²) in [5.74, 6) is 0. The number of aromatic nitrogens is 1. The van der Waals surface area contributed by atoms with Crippen molar-refractivity contribution in [1.82, 2.24) is 4.57 Å².